The zero-order chi connectivity index (χ0) is 16.2. The van der Waals surface area contributed by atoms with Crippen LogP contribution in [0, 0.1) is 12.3 Å². The summed E-state index contributed by atoms with van der Waals surface area (Å²) in [5, 5.41) is 13.2. The molecule has 2 rings (SSSR count). The fraction of sp³-hybridized carbons (Fsp3) is 0.500. The van der Waals surface area contributed by atoms with E-state index in [1.54, 1.807) is 6.20 Å². The molecule has 6 nitrogen and oxygen atoms in total. The maximum atomic E-state index is 11.7. The number of nitrogens with one attached hydrogen (secondary N) is 3. The van der Waals surface area contributed by atoms with Gasteiger partial charge in [0.05, 0.1) is 6.20 Å². The standard InChI is InChI=1S/C16H24N4O2/c1-11-5-6-13(22-11)14-12(10-19-20-14)9-17-7-8-18-15(21)16(2,3)4/h5-6,10,17H,7-9H2,1-4H3,(H,18,21)(H,19,20). The van der Waals surface area contributed by atoms with Crippen LogP contribution >= 0.6 is 0 Å². The van der Waals surface area contributed by atoms with Crippen LogP contribution < -0.4 is 10.6 Å². The number of furan rings is 1. The van der Waals surface area contributed by atoms with Crippen LogP contribution in [0.2, 0.25) is 0 Å². The maximum Gasteiger partial charge on any atom is 0.225 e. The van der Waals surface area contributed by atoms with Gasteiger partial charge < -0.3 is 15.1 Å². The van der Waals surface area contributed by atoms with Gasteiger partial charge >= 0.3 is 0 Å². The van der Waals surface area contributed by atoms with Gasteiger partial charge in [0.1, 0.15) is 11.5 Å². The number of H-pyrrole nitrogens is 1. The molecule has 0 saturated heterocycles. The summed E-state index contributed by atoms with van der Waals surface area (Å²) in [6.45, 7) is 9.58. The molecule has 0 aliphatic heterocycles. The van der Waals surface area contributed by atoms with E-state index in [1.807, 2.05) is 39.8 Å². The summed E-state index contributed by atoms with van der Waals surface area (Å²) in [5.74, 6) is 1.71. The largest absolute Gasteiger partial charge is 0.460 e. The van der Waals surface area contributed by atoms with E-state index >= 15 is 0 Å². The van der Waals surface area contributed by atoms with Crippen molar-refractivity contribution in [2.24, 2.45) is 5.41 Å². The van der Waals surface area contributed by atoms with E-state index in [0.717, 1.165) is 22.8 Å². The van der Waals surface area contributed by atoms with Gasteiger partial charge in [-0.15, -0.1) is 0 Å². The van der Waals surface area contributed by atoms with Crippen molar-refractivity contribution < 1.29 is 9.21 Å². The molecule has 0 saturated carbocycles. The van der Waals surface area contributed by atoms with Crippen LogP contribution in [0.3, 0.4) is 0 Å². The average molecular weight is 304 g/mol. The van der Waals surface area contributed by atoms with E-state index in [1.165, 1.54) is 0 Å². The number of amides is 1. The summed E-state index contributed by atoms with van der Waals surface area (Å²) < 4.78 is 5.61. The van der Waals surface area contributed by atoms with Crippen LogP contribution in [0.25, 0.3) is 11.5 Å². The first-order chi connectivity index (χ1) is 10.4. The van der Waals surface area contributed by atoms with E-state index in [-0.39, 0.29) is 11.3 Å². The highest BCUT2D eigenvalue weighted by Crippen LogP contribution is 2.23. The molecule has 0 spiro atoms. The highest BCUT2D eigenvalue weighted by molar-refractivity contribution is 5.81. The second-order valence-electron chi connectivity index (χ2n) is 6.36. The van der Waals surface area contributed by atoms with Crippen molar-refractivity contribution in [2.75, 3.05) is 13.1 Å². The molecular weight excluding hydrogens is 280 g/mol. The SMILES string of the molecule is Cc1ccc(-c2[nH]ncc2CNCCNC(=O)C(C)(C)C)o1. The van der Waals surface area contributed by atoms with Gasteiger partial charge in [0.15, 0.2) is 5.76 Å². The second-order valence-corrected chi connectivity index (χ2v) is 6.36. The lowest BCUT2D eigenvalue weighted by atomic mass is 9.96. The highest BCUT2D eigenvalue weighted by Gasteiger charge is 2.20. The molecule has 22 heavy (non-hydrogen) atoms. The van der Waals surface area contributed by atoms with Gasteiger partial charge in [0, 0.05) is 30.6 Å². The van der Waals surface area contributed by atoms with Crippen LogP contribution in [0.15, 0.2) is 22.7 Å². The van der Waals surface area contributed by atoms with E-state index < -0.39 is 0 Å². The molecule has 1 amide bonds. The smallest absolute Gasteiger partial charge is 0.225 e. The van der Waals surface area contributed by atoms with Crippen molar-refractivity contribution in [3.8, 4) is 11.5 Å². The van der Waals surface area contributed by atoms with Gasteiger partial charge in [-0.1, -0.05) is 20.8 Å². The molecule has 0 aromatic carbocycles. The number of rotatable bonds is 6. The third kappa shape index (κ3) is 4.21. The monoisotopic (exact) mass is 304 g/mol. The molecule has 0 fully saturated rings. The molecule has 2 aromatic heterocycles. The Morgan fingerprint density at radius 1 is 1.32 bits per heavy atom. The minimum Gasteiger partial charge on any atom is -0.460 e. The first kappa shape index (κ1) is 16.3. The van der Waals surface area contributed by atoms with Crippen LogP contribution in [-0.4, -0.2) is 29.2 Å². The first-order valence-electron chi connectivity index (χ1n) is 7.46. The van der Waals surface area contributed by atoms with Gasteiger partial charge in [0.25, 0.3) is 0 Å². The quantitative estimate of drug-likeness (QED) is 0.715. The molecule has 0 aliphatic rings. The molecule has 0 atom stereocenters. The Morgan fingerprint density at radius 3 is 2.73 bits per heavy atom. The van der Waals surface area contributed by atoms with Gasteiger partial charge in [-0.05, 0) is 19.1 Å². The minimum absolute atomic E-state index is 0.0596. The Kier molecular flexibility index (Phi) is 5.03. The normalized spacial score (nSPS) is 11.6. The van der Waals surface area contributed by atoms with Crippen molar-refractivity contribution in [1.82, 2.24) is 20.8 Å². The predicted octanol–water partition coefficient (Wildman–Crippen LogP) is 2.23. The first-order valence-corrected chi connectivity index (χ1v) is 7.46. The molecule has 120 valence electrons. The molecule has 0 bridgehead atoms. The lowest BCUT2D eigenvalue weighted by molar-refractivity contribution is -0.128. The van der Waals surface area contributed by atoms with Crippen molar-refractivity contribution >= 4 is 5.91 Å². The van der Waals surface area contributed by atoms with Gasteiger partial charge in [0.2, 0.25) is 5.91 Å². The van der Waals surface area contributed by atoms with Gasteiger partial charge in [-0.2, -0.15) is 5.10 Å². The number of aryl methyl sites for hydroxylation is 1. The number of hydrogen-bond donors (Lipinski definition) is 3. The van der Waals surface area contributed by atoms with Crippen molar-refractivity contribution in [3.05, 3.63) is 29.7 Å². The number of carbonyl (C=O) groups excluding carboxylic acids is 1. The third-order valence-electron chi connectivity index (χ3n) is 3.29. The summed E-state index contributed by atoms with van der Waals surface area (Å²) >= 11 is 0. The Morgan fingerprint density at radius 2 is 2.09 bits per heavy atom. The van der Waals surface area contributed by atoms with E-state index in [4.69, 9.17) is 4.42 Å². The van der Waals surface area contributed by atoms with Crippen LogP contribution in [-0.2, 0) is 11.3 Å². The minimum atomic E-state index is -0.352. The lowest BCUT2D eigenvalue weighted by Gasteiger charge is -2.17. The number of aromatic nitrogens is 2. The van der Waals surface area contributed by atoms with Gasteiger partial charge in [-0.25, -0.2) is 0 Å². The highest BCUT2D eigenvalue weighted by atomic mass is 16.3. The van der Waals surface area contributed by atoms with Crippen molar-refractivity contribution in [2.45, 2.75) is 34.2 Å². The third-order valence-corrected chi connectivity index (χ3v) is 3.29. The van der Waals surface area contributed by atoms with Crippen LogP contribution in [0.1, 0.15) is 32.1 Å². The molecule has 0 radical (unpaired) electrons. The van der Waals surface area contributed by atoms with Gasteiger partial charge in [-0.3, -0.25) is 9.89 Å². The zero-order valence-corrected chi connectivity index (χ0v) is 13.6. The van der Waals surface area contributed by atoms with Crippen molar-refractivity contribution in [3.63, 3.8) is 0 Å². The molecule has 3 N–H and O–H groups in total. The second kappa shape index (κ2) is 6.79. The summed E-state index contributed by atoms with van der Waals surface area (Å²) in [5.41, 5.74) is 1.57. The fourth-order valence-electron chi connectivity index (χ4n) is 1.98. The number of aromatic amines is 1. The fourth-order valence-corrected chi connectivity index (χ4v) is 1.98. The predicted molar refractivity (Wildman–Crippen MR) is 85.2 cm³/mol. The summed E-state index contributed by atoms with van der Waals surface area (Å²) in [6.07, 6.45) is 1.79. The Bertz CT molecular complexity index is 622. The number of hydrogen-bond acceptors (Lipinski definition) is 4. The average Bonchev–Trinajstić information content (AvgIpc) is 3.05. The number of carbonyl (C=O) groups is 1. The topological polar surface area (TPSA) is 83.0 Å². The van der Waals surface area contributed by atoms with Crippen LogP contribution in [0.4, 0.5) is 0 Å². The molecule has 2 heterocycles. The maximum absolute atomic E-state index is 11.7. The summed E-state index contributed by atoms with van der Waals surface area (Å²) in [6, 6.07) is 3.85. The Balaban J connectivity index is 1.79. The summed E-state index contributed by atoms with van der Waals surface area (Å²) in [4.78, 5) is 11.7. The molecule has 0 unspecified atom stereocenters. The lowest BCUT2D eigenvalue weighted by Crippen LogP contribution is -2.38. The molecule has 6 heteroatoms. The van der Waals surface area contributed by atoms with Crippen molar-refractivity contribution in [1.29, 1.82) is 0 Å². The zero-order valence-electron chi connectivity index (χ0n) is 13.6. The molecule has 2 aromatic rings. The molecular formula is C16H24N4O2. The van der Waals surface area contributed by atoms with E-state index in [9.17, 15) is 4.79 Å². The molecule has 0 aliphatic carbocycles. The Labute approximate surface area is 130 Å². The summed E-state index contributed by atoms with van der Waals surface area (Å²) in [7, 11) is 0. The number of nitrogens with zero attached hydrogens (tertiary/aromatic N) is 1. The Hall–Kier alpha value is -2.08. The van der Waals surface area contributed by atoms with E-state index in [2.05, 4.69) is 20.8 Å². The van der Waals surface area contributed by atoms with Crippen LogP contribution in [0.5, 0.6) is 0 Å². The van der Waals surface area contributed by atoms with E-state index in [0.29, 0.717) is 19.6 Å².